The van der Waals surface area contributed by atoms with E-state index in [1.54, 1.807) is 12.1 Å². The average molecular weight is 358 g/mol. The van der Waals surface area contributed by atoms with Gasteiger partial charge in [0.1, 0.15) is 6.54 Å². The number of carbonyl (C=O) groups is 2. The Hall–Kier alpha value is -1.76. The SMILES string of the molecule is CC(C)CN(CC(=O)O)C(=O)c1cc(Br)c2c(c1)OCO2. The Morgan fingerprint density at radius 3 is 2.71 bits per heavy atom. The third-order valence-corrected chi connectivity index (χ3v) is 3.46. The Bertz CT molecular complexity index is 573. The highest BCUT2D eigenvalue weighted by Crippen LogP contribution is 2.40. The molecule has 0 fully saturated rings. The molecule has 1 amide bonds. The fourth-order valence-electron chi connectivity index (χ4n) is 2.10. The van der Waals surface area contributed by atoms with Crippen LogP contribution in [-0.2, 0) is 4.79 Å². The molecule has 1 N–H and O–H groups in total. The van der Waals surface area contributed by atoms with Crippen molar-refractivity contribution >= 4 is 27.8 Å². The van der Waals surface area contributed by atoms with Crippen LogP contribution in [-0.4, -0.2) is 41.8 Å². The summed E-state index contributed by atoms with van der Waals surface area (Å²) >= 11 is 3.33. The van der Waals surface area contributed by atoms with Gasteiger partial charge in [0, 0.05) is 12.1 Å². The van der Waals surface area contributed by atoms with Crippen LogP contribution in [0.5, 0.6) is 11.5 Å². The van der Waals surface area contributed by atoms with Crippen LogP contribution in [0, 0.1) is 5.92 Å². The number of ether oxygens (including phenoxy) is 2. The molecule has 1 aromatic carbocycles. The number of carboxylic acids is 1. The minimum Gasteiger partial charge on any atom is -0.480 e. The van der Waals surface area contributed by atoms with E-state index in [0.29, 0.717) is 28.1 Å². The van der Waals surface area contributed by atoms with Gasteiger partial charge in [-0.05, 0) is 34.0 Å². The van der Waals surface area contributed by atoms with E-state index in [0.717, 1.165) is 0 Å². The number of carboxylic acid groups (broad SMARTS) is 1. The lowest BCUT2D eigenvalue weighted by atomic mass is 10.1. The maximum atomic E-state index is 12.5. The zero-order valence-electron chi connectivity index (χ0n) is 11.8. The molecular weight excluding hydrogens is 342 g/mol. The van der Waals surface area contributed by atoms with Gasteiger partial charge < -0.3 is 19.5 Å². The number of rotatable bonds is 5. The summed E-state index contributed by atoms with van der Waals surface area (Å²) in [7, 11) is 0. The number of carbonyl (C=O) groups excluding carboxylic acids is 1. The van der Waals surface area contributed by atoms with E-state index in [-0.39, 0.29) is 25.2 Å². The first-order valence-corrected chi connectivity index (χ1v) is 7.28. The molecule has 114 valence electrons. The van der Waals surface area contributed by atoms with Gasteiger partial charge >= 0.3 is 5.97 Å². The molecule has 0 radical (unpaired) electrons. The number of benzene rings is 1. The Morgan fingerprint density at radius 1 is 1.38 bits per heavy atom. The van der Waals surface area contributed by atoms with Gasteiger partial charge in [0.2, 0.25) is 6.79 Å². The van der Waals surface area contributed by atoms with Crippen molar-refractivity contribution in [2.75, 3.05) is 19.9 Å². The predicted octanol–water partition coefficient (Wildman–Crippen LogP) is 2.36. The Labute approximate surface area is 130 Å². The third-order valence-electron chi connectivity index (χ3n) is 2.87. The second-order valence-electron chi connectivity index (χ2n) is 5.17. The van der Waals surface area contributed by atoms with Crippen molar-refractivity contribution in [3.8, 4) is 11.5 Å². The minimum atomic E-state index is -1.04. The first-order valence-electron chi connectivity index (χ1n) is 6.48. The molecule has 6 nitrogen and oxygen atoms in total. The highest BCUT2D eigenvalue weighted by molar-refractivity contribution is 9.10. The molecule has 0 atom stereocenters. The van der Waals surface area contributed by atoms with Crippen molar-refractivity contribution in [3.05, 3.63) is 22.2 Å². The third kappa shape index (κ3) is 3.66. The summed E-state index contributed by atoms with van der Waals surface area (Å²) in [6, 6.07) is 3.19. The minimum absolute atomic E-state index is 0.108. The lowest BCUT2D eigenvalue weighted by Gasteiger charge is -2.23. The standard InChI is InChI=1S/C14H16BrNO5/c1-8(2)5-16(6-12(17)18)14(19)9-3-10(15)13-11(4-9)20-7-21-13/h3-4,8H,5-7H2,1-2H3,(H,17,18). The molecule has 0 aromatic heterocycles. The molecule has 0 saturated heterocycles. The lowest BCUT2D eigenvalue weighted by molar-refractivity contribution is -0.137. The molecule has 0 aliphatic carbocycles. The maximum absolute atomic E-state index is 12.5. The topological polar surface area (TPSA) is 76.1 Å². The first-order chi connectivity index (χ1) is 9.88. The fraction of sp³-hybridized carbons (Fsp3) is 0.429. The number of nitrogens with zero attached hydrogens (tertiary/aromatic N) is 1. The van der Waals surface area contributed by atoms with E-state index in [1.165, 1.54) is 4.90 Å². The summed E-state index contributed by atoms with van der Waals surface area (Å²) < 4.78 is 11.1. The van der Waals surface area contributed by atoms with Crippen molar-refractivity contribution < 1.29 is 24.2 Å². The molecule has 0 bridgehead atoms. The van der Waals surface area contributed by atoms with E-state index in [2.05, 4.69) is 15.9 Å². The van der Waals surface area contributed by atoms with E-state index in [1.807, 2.05) is 13.8 Å². The molecule has 1 aliphatic heterocycles. The van der Waals surface area contributed by atoms with Crippen LogP contribution in [0.15, 0.2) is 16.6 Å². The van der Waals surface area contributed by atoms with Crippen LogP contribution in [0.3, 0.4) is 0 Å². The second kappa shape index (κ2) is 6.34. The highest BCUT2D eigenvalue weighted by Gasteiger charge is 2.24. The van der Waals surface area contributed by atoms with Crippen molar-refractivity contribution in [3.63, 3.8) is 0 Å². The normalized spacial score (nSPS) is 12.6. The summed E-state index contributed by atoms with van der Waals surface area (Å²) in [6.07, 6.45) is 0. The molecule has 21 heavy (non-hydrogen) atoms. The molecule has 1 heterocycles. The van der Waals surface area contributed by atoms with Crippen LogP contribution in [0.25, 0.3) is 0 Å². The number of fused-ring (bicyclic) bond motifs is 1. The fourth-order valence-corrected chi connectivity index (χ4v) is 2.65. The van der Waals surface area contributed by atoms with E-state index in [9.17, 15) is 9.59 Å². The average Bonchev–Trinajstić information content (AvgIpc) is 2.84. The van der Waals surface area contributed by atoms with Crippen molar-refractivity contribution in [1.82, 2.24) is 4.90 Å². The van der Waals surface area contributed by atoms with E-state index >= 15 is 0 Å². The van der Waals surface area contributed by atoms with Gasteiger partial charge in [0.15, 0.2) is 11.5 Å². The highest BCUT2D eigenvalue weighted by atomic mass is 79.9. The smallest absolute Gasteiger partial charge is 0.323 e. The first kappa shape index (κ1) is 15.6. The van der Waals surface area contributed by atoms with Gasteiger partial charge in [-0.2, -0.15) is 0 Å². The van der Waals surface area contributed by atoms with Crippen LogP contribution < -0.4 is 9.47 Å². The maximum Gasteiger partial charge on any atom is 0.323 e. The van der Waals surface area contributed by atoms with Gasteiger partial charge in [0.05, 0.1) is 4.47 Å². The van der Waals surface area contributed by atoms with Crippen LogP contribution >= 0.6 is 15.9 Å². The molecule has 0 spiro atoms. The van der Waals surface area contributed by atoms with Crippen molar-refractivity contribution in [2.24, 2.45) is 5.92 Å². The van der Waals surface area contributed by atoms with Crippen LogP contribution in [0.4, 0.5) is 0 Å². The molecule has 1 aliphatic rings. The summed E-state index contributed by atoms with van der Waals surface area (Å²) in [6.45, 7) is 4.01. The largest absolute Gasteiger partial charge is 0.480 e. The molecule has 7 heteroatoms. The summed E-state index contributed by atoms with van der Waals surface area (Å²) in [5.41, 5.74) is 0.369. The number of amides is 1. The number of aliphatic carboxylic acids is 1. The molecular formula is C14H16BrNO5. The summed E-state index contributed by atoms with van der Waals surface area (Å²) in [5.74, 6) is -0.174. The Morgan fingerprint density at radius 2 is 2.10 bits per heavy atom. The Kier molecular flexibility index (Phi) is 4.72. The van der Waals surface area contributed by atoms with Crippen LogP contribution in [0.1, 0.15) is 24.2 Å². The van der Waals surface area contributed by atoms with Gasteiger partial charge in [-0.25, -0.2) is 0 Å². The Balaban J connectivity index is 2.28. The summed E-state index contributed by atoms with van der Waals surface area (Å²) in [4.78, 5) is 24.8. The lowest BCUT2D eigenvalue weighted by Crippen LogP contribution is -2.38. The van der Waals surface area contributed by atoms with E-state index < -0.39 is 5.97 Å². The second-order valence-corrected chi connectivity index (χ2v) is 6.02. The zero-order chi connectivity index (χ0) is 15.6. The van der Waals surface area contributed by atoms with Gasteiger partial charge in [-0.3, -0.25) is 9.59 Å². The van der Waals surface area contributed by atoms with E-state index in [4.69, 9.17) is 14.6 Å². The number of halogens is 1. The molecule has 2 rings (SSSR count). The van der Waals surface area contributed by atoms with Gasteiger partial charge in [-0.1, -0.05) is 13.8 Å². The molecule has 1 aromatic rings. The van der Waals surface area contributed by atoms with Crippen molar-refractivity contribution in [2.45, 2.75) is 13.8 Å². The van der Waals surface area contributed by atoms with Crippen molar-refractivity contribution in [1.29, 1.82) is 0 Å². The molecule has 0 unspecified atom stereocenters. The zero-order valence-corrected chi connectivity index (χ0v) is 13.3. The van der Waals surface area contributed by atoms with Gasteiger partial charge in [-0.15, -0.1) is 0 Å². The summed E-state index contributed by atoms with van der Waals surface area (Å²) in [5, 5.41) is 8.95. The van der Waals surface area contributed by atoms with Gasteiger partial charge in [0.25, 0.3) is 5.91 Å². The van der Waals surface area contributed by atoms with Crippen LogP contribution in [0.2, 0.25) is 0 Å². The quantitative estimate of drug-likeness (QED) is 0.875. The number of hydrogen-bond acceptors (Lipinski definition) is 4. The predicted molar refractivity (Wildman–Crippen MR) is 78.6 cm³/mol. The monoisotopic (exact) mass is 357 g/mol. The molecule has 0 saturated carbocycles. The number of hydrogen-bond donors (Lipinski definition) is 1.